The molecular weight excluding hydrogens is 292 g/mol. The lowest BCUT2D eigenvalue weighted by molar-refractivity contribution is 0.239. The highest BCUT2D eigenvalue weighted by molar-refractivity contribution is 5.73. The van der Waals surface area contributed by atoms with E-state index in [0.717, 1.165) is 5.75 Å². The van der Waals surface area contributed by atoms with Gasteiger partial charge in [-0.15, -0.1) is 0 Å². The summed E-state index contributed by atoms with van der Waals surface area (Å²) in [5.41, 5.74) is 7.75. The van der Waals surface area contributed by atoms with E-state index < -0.39 is 0 Å². The normalized spacial score (nSPS) is 19.0. The molecule has 0 spiro atoms. The maximum Gasteiger partial charge on any atom is 0.124 e. The SMILES string of the molecule is Cc1ccc(-c2cccc3c2C(c2ccc(C)cc2)C(C)O3)cc1. The number of rotatable bonds is 2. The molecule has 0 saturated carbocycles. The zero-order chi connectivity index (χ0) is 16.7. The van der Waals surface area contributed by atoms with Crippen molar-refractivity contribution in [3.8, 4) is 16.9 Å². The van der Waals surface area contributed by atoms with Crippen molar-refractivity contribution in [3.05, 3.63) is 89.0 Å². The zero-order valence-corrected chi connectivity index (χ0v) is 14.4. The molecule has 24 heavy (non-hydrogen) atoms. The van der Waals surface area contributed by atoms with Crippen molar-refractivity contribution in [1.29, 1.82) is 0 Å². The molecule has 1 aliphatic rings. The van der Waals surface area contributed by atoms with Gasteiger partial charge in [-0.3, -0.25) is 0 Å². The van der Waals surface area contributed by atoms with Gasteiger partial charge in [0.2, 0.25) is 0 Å². The Morgan fingerprint density at radius 1 is 0.750 bits per heavy atom. The molecule has 120 valence electrons. The van der Waals surface area contributed by atoms with Crippen LogP contribution in [0.25, 0.3) is 11.1 Å². The highest BCUT2D eigenvalue weighted by Gasteiger charge is 2.34. The number of ether oxygens (including phenoxy) is 1. The number of fused-ring (bicyclic) bond motifs is 1. The molecule has 0 bridgehead atoms. The smallest absolute Gasteiger partial charge is 0.124 e. The van der Waals surface area contributed by atoms with Crippen molar-refractivity contribution in [2.45, 2.75) is 32.8 Å². The lowest BCUT2D eigenvalue weighted by Crippen LogP contribution is -2.15. The average Bonchev–Trinajstić information content (AvgIpc) is 2.92. The summed E-state index contributed by atoms with van der Waals surface area (Å²) in [5.74, 6) is 1.30. The summed E-state index contributed by atoms with van der Waals surface area (Å²) in [6.45, 7) is 6.42. The molecular formula is C23H22O. The van der Waals surface area contributed by atoms with Crippen molar-refractivity contribution in [1.82, 2.24) is 0 Å². The van der Waals surface area contributed by atoms with Gasteiger partial charge in [0.25, 0.3) is 0 Å². The monoisotopic (exact) mass is 314 g/mol. The Hall–Kier alpha value is -2.54. The van der Waals surface area contributed by atoms with E-state index in [0.29, 0.717) is 0 Å². The minimum atomic E-state index is 0.148. The first-order valence-corrected chi connectivity index (χ1v) is 8.56. The van der Waals surface area contributed by atoms with E-state index in [9.17, 15) is 0 Å². The first-order chi connectivity index (χ1) is 11.6. The van der Waals surface area contributed by atoms with Gasteiger partial charge in [0.15, 0.2) is 0 Å². The van der Waals surface area contributed by atoms with Crippen LogP contribution in [0.5, 0.6) is 5.75 Å². The van der Waals surface area contributed by atoms with Gasteiger partial charge in [0.05, 0.1) is 0 Å². The summed E-state index contributed by atoms with van der Waals surface area (Å²) < 4.78 is 6.19. The third-order valence-electron chi connectivity index (χ3n) is 4.96. The molecule has 1 nitrogen and oxygen atoms in total. The number of aryl methyl sites for hydroxylation is 2. The van der Waals surface area contributed by atoms with Gasteiger partial charge in [0.1, 0.15) is 11.9 Å². The fraction of sp³-hybridized carbons (Fsp3) is 0.217. The highest BCUT2D eigenvalue weighted by Crippen LogP contribution is 2.47. The highest BCUT2D eigenvalue weighted by atomic mass is 16.5. The molecule has 4 rings (SSSR count). The predicted molar refractivity (Wildman–Crippen MR) is 99.7 cm³/mol. The van der Waals surface area contributed by atoms with Crippen molar-refractivity contribution in [2.24, 2.45) is 0 Å². The largest absolute Gasteiger partial charge is 0.489 e. The molecule has 1 heterocycles. The van der Waals surface area contributed by atoms with Gasteiger partial charge >= 0.3 is 0 Å². The van der Waals surface area contributed by atoms with E-state index in [-0.39, 0.29) is 12.0 Å². The molecule has 1 aliphatic heterocycles. The molecule has 0 aromatic heterocycles. The Labute approximate surface area is 143 Å². The Bertz CT molecular complexity index is 860. The molecule has 0 saturated heterocycles. The minimum Gasteiger partial charge on any atom is -0.489 e. The van der Waals surface area contributed by atoms with Crippen LogP contribution in [0.2, 0.25) is 0 Å². The van der Waals surface area contributed by atoms with Crippen LogP contribution in [-0.2, 0) is 0 Å². The van der Waals surface area contributed by atoms with Gasteiger partial charge in [0, 0.05) is 11.5 Å². The Morgan fingerprint density at radius 2 is 1.38 bits per heavy atom. The average molecular weight is 314 g/mol. The third-order valence-corrected chi connectivity index (χ3v) is 4.96. The van der Waals surface area contributed by atoms with Crippen LogP contribution in [0.4, 0.5) is 0 Å². The summed E-state index contributed by atoms with van der Waals surface area (Å²) in [6.07, 6.45) is 0.148. The molecule has 2 unspecified atom stereocenters. The lowest BCUT2D eigenvalue weighted by atomic mass is 9.84. The van der Waals surface area contributed by atoms with Gasteiger partial charge in [-0.1, -0.05) is 71.8 Å². The van der Waals surface area contributed by atoms with Crippen LogP contribution in [0, 0.1) is 13.8 Å². The Morgan fingerprint density at radius 3 is 2.04 bits per heavy atom. The third kappa shape index (κ3) is 2.50. The van der Waals surface area contributed by atoms with E-state index in [4.69, 9.17) is 4.74 Å². The second-order valence-corrected chi connectivity index (χ2v) is 6.79. The summed E-state index contributed by atoms with van der Waals surface area (Å²) >= 11 is 0. The summed E-state index contributed by atoms with van der Waals surface area (Å²) in [4.78, 5) is 0. The van der Waals surface area contributed by atoms with Crippen molar-refractivity contribution < 1.29 is 4.74 Å². The van der Waals surface area contributed by atoms with E-state index in [1.807, 2.05) is 0 Å². The topological polar surface area (TPSA) is 9.23 Å². The van der Waals surface area contributed by atoms with Crippen LogP contribution in [0.3, 0.4) is 0 Å². The molecule has 0 aliphatic carbocycles. The maximum absolute atomic E-state index is 6.19. The number of hydrogen-bond acceptors (Lipinski definition) is 1. The molecule has 2 atom stereocenters. The fourth-order valence-electron chi connectivity index (χ4n) is 3.67. The van der Waals surface area contributed by atoms with Crippen molar-refractivity contribution >= 4 is 0 Å². The van der Waals surface area contributed by atoms with E-state index in [1.54, 1.807) is 0 Å². The molecule has 0 amide bonds. The van der Waals surface area contributed by atoms with Crippen LogP contribution in [-0.4, -0.2) is 6.10 Å². The Kier molecular flexibility index (Phi) is 3.65. The molecule has 0 N–H and O–H groups in total. The maximum atomic E-state index is 6.19. The fourth-order valence-corrected chi connectivity index (χ4v) is 3.67. The molecule has 1 heteroatoms. The van der Waals surface area contributed by atoms with Crippen LogP contribution < -0.4 is 4.74 Å². The minimum absolute atomic E-state index is 0.148. The van der Waals surface area contributed by atoms with Crippen LogP contribution in [0.15, 0.2) is 66.7 Å². The molecule has 0 fully saturated rings. The van der Waals surface area contributed by atoms with Crippen molar-refractivity contribution in [3.63, 3.8) is 0 Å². The molecule has 3 aromatic carbocycles. The van der Waals surface area contributed by atoms with Crippen LogP contribution >= 0.6 is 0 Å². The summed E-state index contributed by atoms with van der Waals surface area (Å²) in [6, 6.07) is 24.0. The predicted octanol–water partition coefficient (Wildman–Crippen LogP) is 5.88. The number of hydrogen-bond donors (Lipinski definition) is 0. The van der Waals surface area contributed by atoms with E-state index in [2.05, 4.69) is 87.5 Å². The molecule has 0 radical (unpaired) electrons. The van der Waals surface area contributed by atoms with E-state index >= 15 is 0 Å². The van der Waals surface area contributed by atoms with Gasteiger partial charge in [-0.05, 0) is 43.5 Å². The molecule has 3 aromatic rings. The van der Waals surface area contributed by atoms with Gasteiger partial charge in [-0.25, -0.2) is 0 Å². The Balaban J connectivity index is 1.87. The summed E-state index contributed by atoms with van der Waals surface area (Å²) in [5, 5.41) is 0. The number of benzene rings is 3. The van der Waals surface area contributed by atoms with Crippen molar-refractivity contribution in [2.75, 3.05) is 0 Å². The second kappa shape index (κ2) is 5.83. The van der Waals surface area contributed by atoms with E-state index in [1.165, 1.54) is 33.4 Å². The van der Waals surface area contributed by atoms with Crippen LogP contribution in [0.1, 0.15) is 35.1 Å². The first kappa shape index (κ1) is 15.0. The first-order valence-electron chi connectivity index (χ1n) is 8.56. The quantitative estimate of drug-likeness (QED) is 0.573. The summed E-state index contributed by atoms with van der Waals surface area (Å²) in [7, 11) is 0. The lowest BCUT2D eigenvalue weighted by Gasteiger charge is -2.18. The standard InChI is InChI=1S/C23H22O/c1-15-7-11-18(12-8-15)20-5-4-6-21-23(20)22(17(3)24-21)19-13-9-16(2)10-14-19/h4-14,17,22H,1-3H3. The van der Waals surface area contributed by atoms with Gasteiger partial charge in [-0.2, -0.15) is 0 Å². The second-order valence-electron chi connectivity index (χ2n) is 6.79. The van der Waals surface area contributed by atoms with Gasteiger partial charge < -0.3 is 4.74 Å². The zero-order valence-electron chi connectivity index (χ0n) is 14.4.